The van der Waals surface area contributed by atoms with E-state index in [1.165, 1.54) is 22.2 Å². The first kappa shape index (κ1) is 15.6. The minimum absolute atomic E-state index is 0.605. The van der Waals surface area contributed by atoms with Gasteiger partial charge in [0.2, 0.25) is 0 Å². The summed E-state index contributed by atoms with van der Waals surface area (Å²) in [6.45, 7) is 5.65. The Morgan fingerprint density at radius 2 is 1.78 bits per heavy atom. The van der Waals surface area contributed by atoms with Gasteiger partial charge < -0.3 is 15.0 Å². The van der Waals surface area contributed by atoms with Gasteiger partial charge in [-0.1, -0.05) is 12.1 Å². The zero-order valence-corrected chi connectivity index (χ0v) is 14.0. The van der Waals surface area contributed by atoms with Crippen LogP contribution in [0, 0.1) is 13.8 Å². The van der Waals surface area contributed by atoms with Gasteiger partial charge in [-0.2, -0.15) is 0 Å². The smallest absolute Gasteiger partial charge is 0.118 e. The Balaban J connectivity index is 2.02. The Hall–Kier alpha value is -2.33. The molecular formula is C19H23N3O. The van der Waals surface area contributed by atoms with Crippen LogP contribution >= 0.6 is 0 Å². The summed E-state index contributed by atoms with van der Waals surface area (Å²) in [6, 6.07) is 12.5. The second-order valence-corrected chi connectivity index (χ2v) is 5.92. The van der Waals surface area contributed by atoms with Gasteiger partial charge in [-0.05, 0) is 54.8 Å². The Kier molecular flexibility index (Phi) is 4.35. The maximum atomic E-state index is 5.81. The van der Waals surface area contributed by atoms with E-state index in [-0.39, 0.29) is 0 Å². The predicted molar refractivity (Wildman–Crippen MR) is 94.1 cm³/mol. The van der Waals surface area contributed by atoms with Crippen molar-refractivity contribution in [1.82, 2.24) is 9.55 Å². The van der Waals surface area contributed by atoms with E-state index in [1.807, 2.05) is 12.1 Å². The molecule has 0 aliphatic rings. The molecule has 0 aliphatic heterocycles. The fourth-order valence-electron chi connectivity index (χ4n) is 2.87. The number of ether oxygens (including phenoxy) is 1. The van der Waals surface area contributed by atoms with Gasteiger partial charge in [-0.15, -0.1) is 0 Å². The molecule has 0 fully saturated rings. The molecule has 0 radical (unpaired) electrons. The highest BCUT2D eigenvalue weighted by Crippen LogP contribution is 2.23. The van der Waals surface area contributed by atoms with Crippen molar-refractivity contribution in [2.24, 2.45) is 5.73 Å². The number of nitrogens with zero attached hydrogens (tertiary/aromatic N) is 2. The molecule has 0 saturated heterocycles. The third-order valence-electron chi connectivity index (χ3n) is 4.32. The minimum Gasteiger partial charge on any atom is -0.497 e. The number of methoxy groups -OCH3 is 1. The Bertz CT molecular complexity index is 819. The third-order valence-corrected chi connectivity index (χ3v) is 4.32. The van der Waals surface area contributed by atoms with Gasteiger partial charge in [-0.25, -0.2) is 4.98 Å². The number of benzene rings is 2. The number of imidazole rings is 1. The predicted octanol–water partition coefficient (Wildman–Crippen LogP) is 3.21. The van der Waals surface area contributed by atoms with Crippen LogP contribution in [0.1, 0.15) is 22.5 Å². The number of aromatic nitrogens is 2. The summed E-state index contributed by atoms with van der Waals surface area (Å²) in [5.41, 5.74) is 11.8. The van der Waals surface area contributed by atoms with Crippen molar-refractivity contribution in [2.75, 3.05) is 13.7 Å². The van der Waals surface area contributed by atoms with Gasteiger partial charge in [0.25, 0.3) is 0 Å². The maximum absolute atomic E-state index is 5.81. The van der Waals surface area contributed by atoms with Gasteiger partial charge in [0.15, 0.2) is 0 Å². The van der Waals surface area contributed by atoms with Crippen molar-refractivity contribution in [3.63, 3.8) is 0 Å². The van der Waals surface area contributed by atoms with Crippen molar-refractivity contribution in [1.29, 1.82) is 0 Å². The van der Waals surface area contributed by atoms with E-state index in [4.69, 9.17) is 15.5 Å². The molecule has 3 rings (SSSR count). The summed E-state index contributed by atoms with van der Waals surface area (Å²) in [4.78, 5) is 4.85. The summed E-state index contributed by atoms with van der Waals surface area (Å²) in [6.07, 6.45) is 0.788. The highest BCUT2D eigenvalue weighted by molar-refractivity contribution is 5.78. The molecule has 0 amide bonds. The second-order valence-electron chi connectivity index (χ2n) is 5.92. The molecule has 0 bridgehead atoms. The molecule has 0 unspecified atom stereocenters. The topological polar surface area (TPSA) is 53.1 Å². The first-order valence-corrected chi connectivity index (χ1v) is 7.91. The van der Waals surface area contributed by atoms with Gasteiger partial charge in [0.05, 0.1) is 18.1 Å². The van der Waals surface area contributed by atoms with Crippen molar-refractivity contribution in [3.8, 4) is 5.75 Å². The Labute approximate surface area is 136 Å². The Morgan fingerprint density at radius 3 is 2.43 bits per heavy atom. The molecule has 0 saturated carbocycles. The van der Waals surface area contributed by atoms with E-state index in [0.717, 1.165) is 30.1 Å². The lowest BCUT2D eigenvalue weighted by Gasteiger charge is -2.09. The Morgan fingerprint density at radius 1 is 1.09 bits per heavy atom. The van der Waals surface area contributed by atoms with E-state index >= 15 is 0 Å². The molecule has 1 heterocycles. The lowest BCUT2D eigenvalue weighted by molar-refractivity contribution is 0.414. The van der Waals surface area contributed by atoms with E-state index < -0.39 is 0 Å². The molecule has 23 heavy (non-hydrogen) atoms. The van der Waals surface area contributed by atoms with Crippen molar-refractivity contribution in [3.05, 3.63) is 58.9 Å². The van der Waals surface area contributed by atoms with Crippen LogP contribution < -0.4 is 10.5 Å². The normalized spacial score (nSPS) is 11.1. The molecule has 0 aliphatic carbocycles. The highest BCUT2D eigenvalue weighted by Gasteiger charge is 2.12. The average Bonchev–Trinajstić information content (AvgIpc) is 2.86. The van der Waals surface area contributed by atoms with Gasteiger partial charge in [0.1, 0.15) is 11.6 Å². The fourth-order valence-corrected chi connectivity index (χ4v) is 2.87. The van der Waals surface area contributed by atoms with Crippen LogP contribution in [-0.2, 0) is 13.0 Å². The van der Waals surface area contributed by atoms with Gasteiger partial charge >= 0.3 is 0 Å². The van der Waals surface area contributed by atoms with Crippen LogP contribution in [0.15, 0.2) is 36.4 Å². The van der Waals surface area contributed by atoms with E-state index in [9.17, 15) is 0 Å². The first-order valence-electron chi connectivity index (χ1n) is 7.91. The number of hydrogen-bond acceptors (Lipinski definition) is 3. The van der Waals surface area contributed by atoms with Crippen LogP contribution in [0.4, 0.5) is 0 Å². The van der Waals surface area contributed by atoms with Crippen LogP contribution in [0.5, 0.6) is 5.75 Å². The lowest BCUT2D eigenvalue weighted by atomic mass is 10.1. The van der Waals surface area contributed by atoms with Crippen molar-refractivity contribution >= 4 is 11.0 Å². The standard InChI is InChI=1S/C19H23N3O/c1-13-10-17-18(11-14(13)2)22(9-8-20)19(21-17)12-15-4-6-16(23-3)7-5-15/h4-7,10-11H,8-9,12,20H2,1-3H3. The molecule has 120 valence electrons. The number of aryl methyl sites for hydroxylation is 2. The van der Waals surface area contributed by atoms with Crippen molar-refractivity contribution < 1.29 is 4.74 Å². The molecule has 0 atom stereocenters. The zero-order chi connectivity index (χ0) is 16.4. The molecule has 4 nitrogen and oxygen atoms in total. The quantitative estimate of drug-likeness (QED) is 0.787. The molecule has 4 heteroatoms. The number of nitrogens with two attached hydrogens (primary N) is 1. The SMILES string of the molecule is COc1ccc(Cc2nc3cc(C)c(C)cc3n2CCN)cc1. The summed E-state index contributed by atoms with van der Waals surface area (Å²) in [5.74, 6) is 1.93. The van der Waals surface area contributed by atoms with Crippen LogP contribution in [0.2, 0.25) is 0 Å². The van der Waals surface area contributed by atoms with Gasteiger partial charge in [-0.3, -0.25) is 0 Å². The zero-order valence-electron chi connectivity index (χ0n) is 14.0. The second kappa shape index (κ2) is 6.42. The molecule has 0 spiro atoms. The summed E-state index contributed by atoms with van der Waals surface area (Å²) < 4.78 is 7.46. The number of rotatable bonds is 5. The number of fused-ring (bicyclic) bond motifs is 1. The average molecular weight is 309 g/mol. The third kappa shape index (κ3) is 3.08. The van der Waals surface area contributed by atoms with Crippen LogP contribution in [0.25, 0.3) is 11.0 Å². The van der Waals surface area contributed by atoms with Gasteiger partial charge in [0, 0.05) is 19.5 Å². The molecule has 1 aromatic heterocycles. The van der Waals surface area contributed by atoms with E-state index in [2.05, 4.69) is 42.7 Å². The number of hydrogen-bond donors (Lipinski definition) is 1. The van der Waals surface area contributed by atoms with Crippen molar-refractivity contribution in [2.45, 2.75) is 26.8 Å². The molecule has 2 aromatic carbocycles. The van der Waals surface area contributed by atoms with Crippen LogP contribution in [-0.4, -0.2) is 23.2 Å². The molecular weight excluding hydrogens is 286 g/mol. The first-order chi connectivity index (χ1) is 11.1. The minimum atomic E-state index is 0.605. The van der Waals surface area contributed by atoms with E-state index in [0.29, 0.717) is 6.54 Å². The summed E-state index contributed by atoms with van der Waals surface area (Å²) >= 11 is 0. The molecule has 2 N–H and O–H groups in total. The van der Waals surface area contributed by atoms with E-state index in [1.54, 1.807) is 7.11 Å². The van der Waals surface area contributed by atoms with Crippen LogP contribution in [0.3, 0.4) is 0 Å². The summed E-state index contributed by atoms with van der Waals surface area (Å²) in [5, 5.41) is 0. The lowest BCUT2D eigenvalue weighted by Crippen LogP contribution is -2.13. The maximum Gasteiger partial charge on any atom is 0.118 e. The molecule has 3 aromatic rings. The highest BCUT2D eigenvalue weighted by atomic mass is 16.5. The fraction of sp³-hybridized carbons (Fsp3) is 0.316. The monoisotopic (exact) mass is 309 g/mol. The largest absolute Gasteiger partial charge is 0.497 e. The summed E-state index contributed by atoms with van der Waals surface area (Å²) in [7, 11) is 1.68.